The van der Waals surface area contributed by atoms with Gasteiger partial charge in [-0.25, -0.2) is 0 Å². The van der Waals surface area contributed by atoms with E-state index in [2.05, 4.69) is 68.0 Å². The standard InChI is InChI=1S/C17H22N2S2/c1-11(2)16(15-9-6-10-21-15)19-17(20)18-14-8-5-7-12(3)13(14)4/h5-11,16H,1-4H3,(H2,18,19,20)/t16-/m1/s1. The summed E-state index contributed by atoms with van der Waals surface area (Å²) in [5, 5.41) is 9.55. The van der Waals surface area contributed by atoms with Crippen molar-refractivity contribution in [1.29, 1.82) is 0 Å². The predicted octanol–water partition coefficient (Wildman–Crippen LogP) is 5.05. The number of anilines is 1. The van der Waals surface area contributed by atoms with Gasteiger partial charge in [-0.15, -0.1) is 11.3 Å². The van der Waals surface area contributed by atoms with E-state index in [0.717, 1.165) is 5.69 Å². The molecule has 2 N–H and O–H groups in total. The Morgan fingerprint density at radius 1 is 1.14 bits per heavy atom. The number of thiophene rings is 1. The van der Waals surface area contributed by atoms with Crippen molar-refractivity contribution in [2.45, 2.75) is 33.7 Å². The Bertz CT molecular complexity index is 603. The first-order valence-corrected chi connectivity index (χ1v) is 8.45. The van der Waals surface area contributed by atoms with E-state index in [9.17, 15) is 0 Å². The van der Waals surface area contributed by atoms with Crippen molar-refractivity contribution in [3.63, 3.8) is 0 Å². The number of aryl methyl sites for hydroxylation is 1. The molecule has 0 aliphatic rings. The molecule has 0 unspecified atom stereocenters. The van der Waals surface area contributed by atoms with Crippen LogP contribution < -0.4 is 10.6 Å². The minimum Gasteiger partial charge on any atom is -0.355 e. The molecule has 1 aromatic heterocycles. The van der Waals surface area contributed by atoms with Gasteiger partial charge >= 0.3 is 0 Å². The minimum absolute atomic E-state index is 0.245. The van der Waals surface area contributed by atoms with Crippen LogP contribution in [0.4, 0.5) is 5.69 Å². The second-order valence-corrected chi connectivity index (χ2v) is 6.97. The van der Waals surface area contributed by atoms with Crippen LogP contribution in [0.2, 0.25) is 0 Å². The zero-order valence-corrected chi connectivity index (χ0v) is 14.6. The molecule has 0 radical (unpaired) electrons. The van der Waals surface area contributed by atoms with Crippen LogP contribution >= 0.6 is 23.6 Å². The van der Waals surface area contributed by atoms with Gasteiger partial charge in [-0.1, -0.05) is 32.0 Å². The first kappa shape index (κ1) is 16.0. The summed E-state index contributed by atoms with van der Waals surface area (Å²) < 4.78 is 0. The maximum Gasteiger partial charge on any atom is 0.171 e. The quantitative estimate of drug-likeness (QED) is 0.772. The largest absolute Gasteiger partial charge is 0.355 e. The van der Waals surface area contributed by atoms with Crippen LogP contribution in [0, 0.1) is 19.8 Å². The van der Waals surface area contributed by atoms with E-state index in [1.807, 2.05) is 6.07 Å². The number of benzene rings is 1. The van der Waals surface area contributed by atoms with Crippen LogP contribution in [0.1, 0.15) is 35.9 Å². The van der Waals surface area contributed by atoms with Crippen molar-refractivity contribution in [2.75, 3.05) is 5.32 Å². The maximum atomic E-state index is 5.49. The molecule has 4 heteroatoms. The third-order valence-corrected chi connectivity index (χ3v) is 4.83. The molecule has 21 heavy (non-hydrogen) atoms. The van der Waals surface area contributed by atoms with E-state index in [4.69, 9.17) is 12.2 Å². The lowest BCUT2D eigenvalue weighted by molar-refractivity contribution is 0.480. The molecule has 0 saturated heterocycles. The van der Waals surface area contributed by atoms with Gasteiger partial charge in [-0.05, 0) is 60.6 Å². The van der Waals surface area contributed by atoms with Crippen molar-refractivity contribution in [1.82, 2.24) is 5.32 Å². The molecule has 0 saturated carbocycles. The molecule has 2 rings (SSSR count). The highest BCUT2D eigenvalue weighted by atomic mass is 32.1. The number of thiocarbonyl (C=S) groups is 1. The fourth-order valence-corrected chi connectivity index (χ4v) is 3.41. The first-order chi connectivity index (χ1) is 9.99. The lowest BCUT2D eigenvalue weighted by Gasteiger charge is -2.23. The van der Waals surface area contributed by atoms with Crippen molar-refractivity contribution < 1.29 is 0 Å². The monoisotopic (exact) mass is 318 g/mol. The van der Waals surface area contributed by atoms with Gasteiger partial charge in [0, 0.05) is 10.6 Å². The normalized spacial score (nSPS) is 12.2. The molecule has 2 aromatic rings. The zero-order valence-electron chi connectivity index (χ0n) is 12.9. The highest BCUT2D eigenvalue weighted by molar-refractivity contribution is 7.80. The molecular formula is C17H22N2S2. The lowest BCUT2D eigenvalue weighted by Crippen LogP contribution is -2.34. The molecule has 1 aromatic carbocycles. The van der Waals surface area contributed by atoms with Crippen LogP contribution in [0.25, 0.3) is 0 Å². The van der Waals surface area contributed by atoms with Gasteiger partial charge in [0.05, 0.1) is 6.04 Å². The van der Waals surface area contributed by atoms with E-state index < -0.39 is 0 Å². The fourth-order valence-electron chi connectivity index (χ4n) is 2.22. The van der Waals surface area contributed by atoms with Crippen molar-refractivity contribution in [3.8, 4) is 0 Å². The Balaban J connectivity index is 2.08. The summed E-state index contributed by atoms with van der Waals surface area (Å²) in [4.78, 5) is 1.31. The Morgan fingerprint density at radius 3 is 2.52 bits per heavy atom. The van der Waals surface area contributed by atoms with Crippen LogP contribution in [0.15, 0.2) is 35.7 Å². The Hall–Kier alpha value is -1.39. The average Bonchev–Trinajstić information content (AvgIpc) is 2.95. The van der Waals surface area contributed by atoms with Gasteiger partial charge in [0.15, 0.2) is 5.11 Å². The van der Waals surface area contributed by atoms with E-state index in [1.165, 1.54) is 16.0 Å². The van der Waals surface area contributed by atoms with Crippen molar-refractivity contribution in [3.05, 3.63) is 51.7 Å². The minimum atomic E-state index is 0.245. The molecular weight excluding hydrogens is 296 g/mol. The second-order valence-electron chi connectivity index (χ2n) is 5.58. The number of hydrogen-bond acceptors (Lipinski definition) is 2. The third-order valence-electron chi connectivity index (χ3n) is 3.66. The van der Waals surface area contributed by atoms with Crippen LogP contribution in [-0.2, 0) is 0 Å². The average molecular weight is 319 g/mol. The second kappa shape index (κ2) is 7.05. The van der Waals surface area contributed by atoms with Crippen molar-refractivity contribution in [2.24, 2.45) is 5.92 Å². The highest BCUT2D eigenvalue weighted by Gasteiger charge is 2.17. The molecule has 0 bridgehead atoms. The summed E-state index contributed by atoms with van der Waals surface area (Å²) in [5.41, 5.74) is 3.57. The number of hydrogen-bond donors (Lipinski definition) is 2. The number of rotatable bonds is 4. The molecule has 112 valence electrons. The van der Waals surface area contributed by atoms with E-state index >= 15 is 0 Å². The summed E-state index contributed by atoms with van der Waals surface area (Å²) in [5.74, 6) is 0.474. The van der Waals surface area contributed by atoms with Gasteiger partial charge < -0.3 is 10.6 Å². The fraction of sp³-hybridized carbons (Fsp3) is 0.353. The van der Waals surface area contributed by atoms with Gasteiger partial charge in [0.2, 0.25) is 0 Å². The van der Waals surface area contributed by atoms with E-state index in [0.29, 0.717) is 11.0 Å². The van der Waals surface area contributed by atoms with Gasteiger partial charge in [0.1, 0.15) is 0 Å². The molecule has 1 atom stereocenters. The van der Waals surface area contributed by atoms with Gasteiger partial charge in [-0.3, -0.25) is 0 Å². The third kappa shape index (κ3) is 4.05. The Morgan fingerprint density at radius 2 is 1.90 bits per heavy atom. The Kier molecular flexibility index (Phi) is 5.37. The topological polar surface area (TPSA) is 24.1 Å². The predicted molar refractivity (Wildman–Crippen MR) is 97.2 cm³/mol. The van der Waals surface area contributed by atoms with Crippen LogP contribution in [0.3, 0.4) is 0 Å². The summed E-state index contributed by atoms with van der Waals surface area (Å²) in [6.07, 6.45) is 0. The maximum absolute atomic E-state index is 5.49. The molecule has 0 aliphatic heterocycles. The molecule has 0 amide bonds. The summed E-state index contributed by atoms with van der Waals surface area (Å²) in [6, 6.07) is 10.7. The summed E-state index contributed by atoms with van der Waals surface area (Å²) >= 11 is 7.25. The smallest absolute Gasteiger partial charge is 0.171 e. The van der Waals surface area contributed by atoms with Crippen LogP contribution in [-0.4, -0.2) is 5.11 Å². The van der Waals surface area contributed by atoms with E-state index in [1.54, 1.807) is 11.3 Å². The lowest BCUT2D eigenvalue weighted by atomic mass is 10.0. The molecule has 0 spiro atoms. The summed E-state index contributed by atoms with van der Waals surface area (Å²) in [7, 11) is 0. The van der Waals surface area contributed by atoms with Crippen molar-refractivity contribution >= 4 is 34.4 Å². The Labute approximate surface area is 136 Å². The van der Waals surface area contributed by atoms with Crippen LogP contribution in [0.5, 0.6) is 0 Å². The molecule has 2 nitrogen and oxygen atoms in total. The van der Waals surface area contributed by atoms with Gasteiger partial charge in [0.25, 0.3) is 0 Å². The molecule has 0 fully saturated rings. The highest BCUT2D eigenvalue weighted by Crippen LogP contribution is 2.26. The molecule has 0 aliphatic carbocycles. The number of nitrogens with one attached hydrogen (secondary N) is 2. The van der Waals surface area contributed by atoms with E-state index in [-0.39, 0.29) is 6.04 Å². The zero-order chi connectivity index (χ0) is 15.4. The molecule has 1 heterocycles. The first-order valence-electron chi connectivity index (χ1n) is 7.16. The van der Waals surface area contributed by atoms with Gasteiger partial charge in [-0.2, -0.15) is 0 Å². The summed E-state index contributed by atoms with van der Waals surface area (Å²) in [6.45, 7) is 8.63. The SMILES string of the molecule is Cc1cccc(NC(=S)N[C@@H](c2cccs2)C(C)C)c1C.